The van der Waals surface area contributed by atoms with Gasteiger partial charge < -0.3 is 0 Å². The number of hydrogen-bond donors (Lipinski definition) is 2. The van der Waals surface area contributed by atoms with Crippen LogP contribution in [0, 0.1) is 0 Å². The number of aromatic nitrogens is 2. The van der Waals surface area contributed by atoms with Crippen molar-refractivity contribution in [1.29, 1.82) is 0 Å². The summed E-state index contributed by atoms with van der Waals surface area (Å²) in [5, 5.41) is 16.4. The van der Waals surface area contributed by atoms with Crippen LogP contribution in [0.3, 0.4) is 0 Å². The van der Waals surface area contributed by atoms with Gasteiger partial charge >= 0.3 is 0 Å². The highest BCUT2D eigenvalue weighted by molar-refractivity contribution is 8.03. The number of amides is 2. The van der Waals surface area contributed by atoms with Crippen molar-refractivity contribution in [3.05, 3.63) is 71.8 Å². The van der Waals surface area contributed by atoms with E-state index in [2.05, 4.69) is 31.3 Å². The Balaban J connectivity index is 1.39. The van der Waals surface area contributed by atoms with E-state index in [1.807, 2.05) is 74.5 Å². The number of hydrazone groups is 2. The largest absolute Gasteiger partial charge is 0.272 e. The highest BCUT2D eigenvalue weighted by atomic mass is 32.2. The number of thioether (sulfide) groups is 2. The SMILES string of the molecule is C/C(=N/NC(=O)CSc1nnc(SCC(=O)N/N=C(/C)c2ccccc2)s1)c1ccccc1. The number of carbonyl (C=O) groups is 2. The van der Waals surface area contributed by atoms with E-state index in [1.165, 1.54) is 34.9 Å². The summed E-state index contributed by atoms with van der Waals surface area (Å²) in [6.07, 6.45) is 0. The van der Waals surface area contributed by atoms with Crippen LogP contribution >= 0.6 is 34.9 Å². The van der Waals surface area contributed by atoms with Gasteiger partial charge in [-0.1, -0.05) is 95.5 Å². The molecule has 2 aromatic carbocycles. The maximum absolute atomic E-state index is 12.1. The minimum Gasteiger partial charge on any atom is -0.272 e. The molecule has 2 amide bonds. The Bertz CT molecular complexity index is 1050. The van der Waals surface area contributed by atoms with Gasteiger partial charge in [-0.3, -0.25) is 9.59 Å². The average Bonchev–Trinajstić information content (AvgIpc) is 3.32. The lowest BCUT2D eigenvalue weighted by Crippen LogP contribution is -2.21. The molecule has 0 aliphatic rings. The highest BCUT2D eigenvalue weighted by Gasteiger charge is 2.10. The molecule has 0 fully saturated rings. The van der Waals surface area contributed by atoms with E-state index in [0.717, 1.165) is 22.6 Å². The first kappa shape index (κ1) is 24.6. The molecule has 0 unspecified atom stereocenters. The van der Waals surface area contributed by atoms with Crippen molar-refractivity contribution in [3.63, 3.8) is 0 Å². The first-order valence-electron chi connectivity index (χ1n) is 9.87. The maximum Gasteiger partial charge on any atom is 0.250 e. The highest BCUT2D eigenvalue weighted by Crippen LogP contribution is 2.28. The van der Waals surface area contributed by atoms with Gasteiger partial charge in [-0.2, -0.15) is 10.2 Å². The fourth-order valence-corrected chi connectivity index (χ4v) is 5.02. The number of nitrogens with zero attached hydrogens (tertiary/aromatic N) is 4. The van der Waals surface area contributed by atoms with Crippen LogP contribution in [0.5, 0.6) is 0 Å². The van der Waals surface area contributed by atoms with Crippen molar-refractivity contribution in [2.24, 2.45) is 10.2 Å². The second kappa shape index (κ2) is 12.9. The lowest BCUT2D eigenvalue weighted by Gasteiger charge is -2.02. The van der Waals surface area contributed by atoms with Crippen LogP contribution in [0.2, 0.25) is 0 Å². The molecule has 2 N–H and O–H groups in total. The number of carbonyl (C=O) groups excluding carboxylic acids is 2. The molecule has 0 aliphatic carbocycles. The molecule has 0 radical (unpaired) electrons. The number of hydrogen-bond acceptors (Lipinski definition) is 9. The van der Waals surface area contributed by atoms with Crippen LogP contribution < -0.4 is 10.9 Å². The lowest BCUT2D eigenvalue weighted by molar-refractivity contribution is -0.119. The molecule has 0 saturated heterocycles. The van der Waals surface area contributed by atoms with Crippen molar-refractivity contribution < 1.29 is 9.59 Å². The minimum absolute atomic E-state index is 0.166. The Morgan fingerprint density at radius 1 is 0.758 bits per heavy atom. The van der Waals surface area contributed by atoms with Crippen molar-refractivity contribution in [2.45, 2.75) is 22.5 Å². The summed E-state index contributed by atoms with van der Waals surface area (Å²) >= 11 is 3.87. The van der Waals surface area contributed by atoms with E-state index in [-0.39, 0.29) is 23.3 Å². The molecule has 3 rings (SSSR count). The molecule has 3 aromatic rings. The van der Waals surface area contributed by atoms with Crippen LogP contribution in [0.15, 0.2) is 79.5 Å². The summed E-state index contributed by atoms with van der Waals surface area (Å²) in [7, 11) is 0. The van der Waals surface area contributed by atoms with E-state index in [9.17, 15) is 9.59 Å². The van der Waals surface area contributed by atoms with E-state index in [0.29, 0.717) is 8.68 Å². The zero-order chi connectivity index (χ0) is 23.5. The summed E-state index contributed by atoms with van der Waals surface area (Å²) < 4.78 is 1.30. The van der Waals surface area contributed by atoms with Gasteiger partial charge in [-0.15, -0.1) is 10.2 Å². The monoisotopic (exact) mass is 498 g/mol. The summed E-state index contributed by atoms with van der Waals surface area (Å²) in [6.45, 7) is 3.67. The molecule has 11 heteroatoms. The Hall–Kier alpha value is -3.02. The molecular formula is C22H22N6O2S3. The fourth-order valence-electron chi connectivity index (χ4n) is 2.41. The van der Waals surface area contributed by atoms with Crippen LogP contribution in [-0.4, -0.2) is 44.9 Å². The molecule has 0 spiro atoms. The topological polar surface area (TPSA) is 109 Å². The first-order chi connectivity index (χ1) is 16.0. The third kappa shape index (κ3) is 8.44. The van der Waals surface area contributed by atoms with Crippen molar-refractivity contribution in [2.75, 3.05) is 11.5 Å². The van der Waals surface area contributed by atoms with Crippen LogP contribution in [0.4, 0.5) is 0 Å². The predicted octanol–water partition coefficient (Wildman–Crippen LogP) is 3.80. The molecule has 1 heterocycles. The van der Waals surface area contributed by atoms with Gasteiger partial charge in [0, 0.05) is 0 Å². The van der Waals surface area contributed by atoms with Gasteiger partial charge in [0.25, 0.3) is 11.8 Å². The molecule has 0 bridgehead atoms. The normalized spacial score (nSPS) is 11.8. The quantitative estimate of drug-likeness (QED) is 0.250. The van der Waals surface area contributed by atoms with Crippen molar-refractivity contribution >= 4 is 58.1 Å². The first-order valence-corrected chi connectivity index (χ1v) is 12.7. The number of nitrogens with one attached hydrogen (secondary N) is 2. The summed E-state index contributed by atoms with van der Waals surface area (Å²) in [4.78, 5) is 24.1. The van der Waals surface area contributed by atoms with Gasteiger partial charge in [0.2, 0.25) is 0 Å². The van der Waals surface area contributed by atoms with E-state index in [4.69, 9.17) is 0 Å². The van der Waals surface area contributed by atoms with Gasteiger partial charge in [0.15, 0.2) is 8.68 Å². The Morgan fingerprint density at radius 3 is 1.55 bits per heavy atom. The Kier molecular flexibility index (Phi) is 9.60. The Labute approximate surface area is 204 Å². The molecule has 33 heavy (non-hydrogen) atoms. The zero-order valence-corrected chi connectivity index (χ0v) is 20.5. The zero-order valence-electron chi connectivity index (χ0n) is 18.0. The molecule has 0 saturated carbocycles. The molecule has 0 aliphatic heterocycles. The predicted molar refractivity (Wildman–Crippen MR) is 135 cm³/mol. The molecule has 8 nitrogen and oxygen atoms in total. The average molecular weight is 499 g/mol. The van der Waals surface area contributed by atoms with Gasteiger partial charge in [-0.25, -0.2) is 10.9 Å². The van der Waals surface area contributed by atoms with E-state index >= 15 is 0 Å². The second-order valence-electron chi connectivity index (χ2n) is 6.61. The third-order valence-electron chi connectivity index (χ3n) is 4.12. The molecule has 170 valence electrons. The summed E-state index contributed by atoms with van der Waals surface area (Å²) in [6, 6.07) is 19.2. The third-order valence-corrected chi connectivity index (χ3v) is 7.31. The van der Waals surface area contributed by atoms with Gasteiger partial charge in [0.1, 0.15) is 0 Å². The minimum atomic E-state index is -0.231. The Morgan fingerprint density at radius 2 is 1.15 bits per heavy atom. The smallest absolute Gasteiger partial charge is 0.250 e. The molecule has 0 atom stereocenters. The second-order valence-corrected chi connectivity index (χ2v) is 10.0. The van der Waals surface area contributed by atoms with Gasteiger partial charge in [-0.05, 0) is 25.0 Å². The number of rotatable bonds is 10. The van der Waals surface area contributed by atoms with Crippen molar-refractivity contribution in [1.82, 2.24) is 21.0 Å². The van der Waals surface area contributed by atoms with Gasteiger partial charge in [0.05, 0.1) is 22.9 Å². The van der Waals surface area contributed by atoms with E-state index < -0.39 is 0 Å². The van der Waals surface area contributed by atoms with Crippen LogP contribution in [-0.2, 0) is 9.59 Å². The molecular weight excluding hydrogens is 476 g/mol. The van der Waals surface area contributed by atoms with Crippen molar-refractivity contribution in [3.8, 4) is 0 Å². The number of benzene rings is 2. The standard InChI is InChI=1S/C22H22N6O2S3/c1-15(17-9-5-3-6-10-17)23-25-19(29)13-31-21-27-28-22(33-21)32-14-20(30)26-24-16(2)18-11-7-4-8-12-18/h3-12H,13-14H2,1-2H3,(H,25,29)(H,26,30)/b23-15-,24-16-. The fraction of sp³-hybridized carbons (Fsp3) is 0.182. The lowest BCUT2D eigenvalue weighted by atomic mass is 10.1. The van der Waals surface area contributed by atoms with Crippen LogP contribution in [0.25, 0.3) is 0 Å². The van der Waals surface area contributed by atoms with E-state index in [1.54, 1.807) is 0 Å². The van der Waals surface area contributed by atoms with Crippen LogP contribution in [0.1, 0.15) is 25.0 Å². The summed E-state index contributed by atoms with van der Waals surface area (Å²) in [5.74, 6) is -0.131. The molecule has 1 aromatic heterocycles. The maximum atomic E-state index is 12.1. The summed E-state index contributed by atoms with van der Waals surface area (Å²) in [5.41, 5.74) is 8.44.